The van der Waals surface area contributed by atoms with Crippen LogP contribution in [0.25, 0.3) is 0 Å². The van der Waals surface area contributed by atoms with E-state index in [1.165, 1.54) is 22.3 Å². The molecule has 2 aromatic carbocycles. The standard InChI is InChI=1S/C30H36O.S3/c1-27(2)13-14-28(3,4)26-17-22(18-31)21(16-25(26)27)11-9-20-10-12-23-24(15-20)30(7,8)19-29(23,5)6;1-3-2/h10,12,15-18H,13-14,19H2,1-8H3;. The molecule has 4 rings (SSSR count). The summed E-state index contributed by atoms with van der Waals surface area (Å²) >= 11 is 8.25. The lowest BCUT2D eigenvalue weighted by Gasteiger charge is -2.42. The Balaban J connectivity index is 0.00000103. The van der Waals surface area contributed by atoms with Gasteiger partial charge in [-0.3, -0.25) is 4.79 Å². The van der Waals surface area contributed by atoms with Gasteiger partial charge < -0.3 is 0 Å². The average molecular weight is 509 g/mol. The number of fused-ring (bicyclic) bond motifs is 2. The van der Waals surface area contributed by atoms with Crippen molar-refractivity contribution in [2.24, 2.45) is 0 Å². The van der Waals surface area contributed by atoms with E-state index in [1.54, 1.807) is 0 Å². The molecule has 0 spiro atoms. The molecule has 0 aliphatic heterocycles. The highest BCUT2D eigenvalue weighted by Gasteiger charge is 2.41. The van der Waals surface area contributed by atoms with Gasteiger partial charge in [0.1, 0.15) is 0 Å². The lowest BCUT2D eigenvalue weighted by Crippen LogP contribution is -2.34. The van der Waals surface area contributed by atoms with Crippen molar-refractivity contribution in [3.8, 4) is 11.8 Å². The third-order valence-electron chi connectivity index (χ3n) is 7.85. The Hall–Kier alpha value is -1.67. The molecule has 2 aliphatic carbocycles. The second kappa shape index (κ2) is 9.41. The van der Waals surface area contributed by atoms with E-state index in [2.05, 4.69) is 120 Å². The topological polar surface area (TPSA) is 17.1 Å². The number of hydrogen-bond acceptors (Lipinski definition) is 3. The molecule has 0 radical (unpaired) electrons. The van der Waals surface area contributed by atoms with Crippen molar-refractivity contribution in [1.29, 1.82) is 0 Å². The third kappa shape index (κ3) is 5.13. The lowest BCUT2D eigenvalue weighted by atomic mass is 9.62. The van der Waals surface area contributed by atoms with Crippen LogP contribution in [0.3, 0.4) is 0 Å². The van der Waals surface area contributed by atoms with E-state index >= 15 is 0 Å². The zero-order valence-electron chi connectivity index (χ0n) is 21.7. The van der Waals surface area contributed by atoms with Gasteiger partial charge in [-0.15, -0.1) is 0 Å². The van der Waals surface area contributed by atoms with Crippen LogP contribution in [0, 0.1) is 11.8 Å². The van der Waals surface area contributed by atoms with Gasteiger partial charge >= 0.3 is 0 Å². The first-order valence-corrected chi connectivity index (χ1v) is 14.6. The van der Waals surface area contributed by atoms with Crippen LogP contribution in [0.15, 0.2) is 30.3 Å². The van der Waals surface area contributed by atoms with Gasteiger partial charge in [-0.25, -0.2) is 0 Å². The Morgan fingerprint density at radius 2 is 1.24 bits per heavy atom. The first-order valence-electron chi connectivity index (χ1n) is 11.9. The summed E-state index contributed by atoms with van der Waals surface area (Å²) in [5, 5.41) is 0. The van der Waals surface area contributed by atoms with Crippen molar-refractivity contribution in [2.75, 3.05) is 0 Å². The molecule has 0 saturated carbocycles. The van der Waals surface area contributed by atoms with Crippen molar-refractivity contribution < 1.29 is 4.79 Å². The summed E-state index contributed by atoms with van der Waals surface area (Å²) in [5.74, 6) is 6.73. The van der Waals surface area contributed by atoms with Crippen molar-refractivity contribution in [3.05, 3.63) is 69.3 Å². The molecular weight excluding hydrogens is 473 g/mol. The van der Waals surface area contributed by atoms with E-state index in [0.717, 1.165) is 45.6 Å². The van der Waals surface area contributed by atoms with E-state index in [4.69, 9.17) is 0 Å². The Morgan fingerprint density at radius 1 is 0.735 bits per heavy atom. The fourth-order valence-corrected chi connectivity index (χ4v) is 6.04. The summed E-state index contributed by atoms with van der Waals surface area (Å²) in [6.07, 6.45) is 4.40. The minimum absolute atomic E-state index is 0.0902. The summed E-state index contributed by atoms with van der Waals surface area (Å²) in [6, 6.07) is 11.0. The van der Waals surface area contributed by atoms with Crippen LogP contribution in [-0.2, 0) is 52.9 Å². The number of aldehydes is 1. The molecular formula is C30H36OS3. The molecule has 0 N–H and O–H groups in total. The summed E-state index contributed by atoms with van der Waals surface area (Å²) < 4.78 is 0. The number of hydrogen-bond donors (Lipinski definition) is 0. The van der Waals surface area contributed by atoms with Crippen LogP contribution >= 0.6 is 0 Å². The predicted molar refractivity (Wildman–Crippen MR) is 152 cm³/mol. The van der Waals surface area contributed by atoms with Gasteiger partial charge in [0.2, 0.25) is 0 Å². The molecule has 0 fully saturated rings. The summed E-state index contributed by atoms with van der Waals surface area (Å²) in [6.45, 7) is 18.5. The highest BCUT2D eigenvalue weighted by Crippen LogP contribution is 2.49. The largest absolute Gasteiger partial charge is 0.298 e. The molecule has 1 nitrogen and oxygen atoms in total. The van der Waals surface area contributed by atoms with Crippen molar-refractivity contribution in [2.45, 2.75) is 96.3 Å². The van der Waals surface area contributed by atoms with E-state index in [-0.39, 0.29) is 21.7 Å². The van der Waals surface area contributed by atoms with Gasteiger partial charge in [-0.05, 0) is 87.4 Å². The zero-order valence-corrected chi connectivity index (χ0v) is 24.2. The normalized spacial score (nSPS) is 19.9. The Labute approximate surface area is 219 Å². The average Bonchev–Trinajstić information content (AvgIpc) is 2.93. The van der Waals surface area contributed by atoms with E-state index < -0.39 is 0 Å². The maximum atomic E-state index is 11.9. The van der Waals surface area contributed by atoms with E-state index in [1.807, 2.05) is 0 Å². The fourth-order valence-electron chi connectivity index (χ4n) is 6.04. The van der Waals surface area contributed by atoms with Crippen molar-refractivity contribution in [1.82, 2.24) is 0 Å². The number of benzene rings is 2. The molecule has 34 heavy (non-hydrogen) atoms. The van der Waals surface area contributed by atoms with Gasteiger partial charge in [0, 0.05) is 47.9 Å². The summed E-state index contributed by atoms with van der Waals surface area (Å²) in [7, 11) is 0.917. The molecule has 0 atom stereocenters. The van der Waals surface area contributed by atoms with Crippen LogP contribution in [-0.4, -0.2) is 6.29 Å². The fraction of sp³-hybridized carbons (Fsp3) is 0.500. The second-order valence-corrected chi connectivity index (χ2v) is 14.2. The summed E-state index contributed by atoms with van der Waals surface area (Å²) in [5.41, 5.74) is 8.63. The van der Waals surface area contributed by atoms with Gasteiger partial charge in [0.25, 0.3) is 0 Å². The molecule has 0 heterocycles. The lowest BCUT2D eigenvalue weighted by molar-refractivity contribution is 0.112. The molecule has 4 heteroatoms. The smallest absolute Gasteiger partial charge is 0.151 e. The Morgan fingerprint density at radius 3 is 1.79 bits per heavy atom. The van der Waals surface area contributed by atoms with E-state index in [0.29, 0.717) is 5.56 Å². The van der Waals surface area contributed by atoms with Gasteiger partial charge in [0.15, 0.2) is 6.29 Å². The molecule has 0 unspecified atom stereocenters. The van der Waals surface area contributed by atoms with E-state index in [9.17, 15) is 4.79 Å². The maximum Gasteiger partial charge on any atom is 0.151 e. The molecule has 2 aliphatic rings. The van der Waals surface area contributed by atoms with Gasteiger partial charge in [0.05, 0.1) is 0 Å². The van der Waals surface area contributed by atoms with Crippen LogP contribution in [0.1, 0.15) is 118 Å². The molecule has 0 saturated heterocycles. The van der Waals surface area contributed by atoms with Crippen molar-refractivity contribution in [3.63, 3.8) is 0 Å². The number of carbonyl (C=O) groups is 1. The number of rotatable bonds is 1. The third-order valence-corrected chi connectivity index (χ3v) is 7.85. The second-order valence-electron chi connectivity index (χ2n) is 12.4. The minimum atomic E-state index is 0.0902. The van der Waals surface area contributed by atoms with Crippen molar-refractivity contribution >= 4 is 37.5 Å². The van der Waals surface area contributed by atoms with Crippen LogP contribution < -0.4 is 0 Å². The highest BCUT2D eigenvalue weighted by molar-refractivity contribution is 8.37. The Bertz CT molecular complexity index is 1230. The molecule has 0 aromatic heterocycles. The quantitative estimate of drug-likeness (QED) is 0.299. The molecule has 2 aromatic rings. The first kappa shape index (κ1) is 26.9. The monoisotopic (exact) mass is 508 g/mol. The predicted octanol–water partition coefficient (Wildman–Crippen LogP) is 7.20. The SMILES string of the molecule is CC1(C)CCC(C)(C)c2cc(C=O)c(C#Cc3ccc4c(c3)C(C)(C)CC4(C)C)cc21.S=S=S. The summed E-state index contributed by atoms with van der Waals surface area (Å²) in [4.78, 5) is 11.9. The van der Waals surface area contributed by atoms with Crippen LogP contribution in [0.2, 0.25) is 0 Å². The van der Waals surface area contributed by atoms with Crippen LogP contribution in [0.5, 0.6) is 0 Å². The van der Waals surface area contributed by atoms with Gasteiger partial charge in [-0.2, -0.15) is 0 Å². The molecule has 0 amide bonds. The highest BCUT2D eigenvalue weighted by atomic mass is 33.1. The minimum Gasteiger partial charge on any atom is -0.298 e. The maximum absolute atomic E-state index is 11.9. The van der Waals surface area contributed by atoms with Crippen LogP contribution in [0.4, 0.5) is 0 Å². The molecule has 180 valence electrons. The number of carbonyl (C=O) groups excluding carboxylic acids is 1. The zero-order chi connectivity index (χ0) is 25.5. The Kier molecular flexibility index (Phi) is 7.46. The molecule has 0 bridgehead atoms. The first-order chi connectivity index (χ1) is 15.7. The van der Waals surface area contributed by atoms with Gasteiger partial charge in [-0.1, -0.05) is 73.3 Å².